The zero-order valence-corrected chi connectivity index (χ0v) is 12.9. The summed E-state index contributed by atoms with van der Waals surface area (Å²) in [6.45, 7) is 6.99. The Morgan fingerprint density at radius 1 is 1.20 bits per heavy atom. The van der Waals surface area contributed by atoms with Gasteiger partial charge in [-0.3, -0.25) is 0 Å². The van der Waals surface area contributed by atoms with Crippen LogP contribution in [0, 0.1) is 0 Å². The van der Waals surface area contributed by atoms with E-state index in [0.29, 0.717) is 0 Å². The predicted octanol–water partition coefficient (Wildman–Crippen LogP) is 2.13. The number of hydrogen-bond acceptors (Lipinski definition) is 4. The molecule has 20 heavy (non-hydrogen) atoms. The molecule has 0 aliphatic rings. The Balaban J connectivity index is 0.000000511. The first-order valence-corrected chi connectivity index (χ1v) is 7.05. The van der Waals surface area contributed by atoms with E-state index in [1.165, 1.54) is 30.7 Å². The molecule has 5 heteroatoms. The third-order valence-corrected chi connectivity index (χ3v) is 3.05. The summed E-state index contributed by atoms with van der Waals surface area (Å²) >= 11 is 0. The fourth-order valence-electron chi connectivity index (χ4n) is 1.59. The second-order valence-electron chi connectivity index (χ2n) is 5.03. The molecule has 0 aliphatic carbocycles. The zero-order valence-electron chi connectivity index (χ0n) is 12.9. The molecule has 0 saturated heterocycles. The van der Waals surface area contributed by atoms with Gasteiger partial charge in [-0.1, -0.05) is 50.1 Å². The average Bonchev–Trinajstić information content (AvgIpc) is 2.47. The van der Waals surface area contributed by atoms with E-state index in [1.807, 2.05) is 44.2 Å². The molecule has 0 aromatic heterocycles. The largest absolute Gasteiger partial charge is 0.388 e. The van der Waals surface area contributed by atoms with Crippen molar-refractivity contribution in [3.63, 3.8) is 0 Å². The Hall–Kier alpha value is -1.59. The molecule has 1 rings (SSSR count). The maximum absolute atomic E-state index is 5.75. The highest BCUT2D eigenvalue weighted by Gasteiger charge is 2.25. The lowest BCUT2D eigenvalue weighted by Crippen LogP contribution is -2.43. The topological polar surface area (TPSA) is 93.7 Å². The minimum absolute atomic E-state index is 0.364. The molecule has 6 N–H and O–H groups in total. The molecule has 0 heterocycles. The van der Waals surface area contributed by atoms with Crippen molar-refractivity contribution in [1.82, 2.24) is 5.12 Å². The van der Waals surface area contributed by atoms with E-state index in [1.54, 1.807) is 0 Å². The molecule has 0 radical (unpaired) electrons. The first-order valence-electron chi connectivity index (χ1n) is 7.05. The van der Waals surface area contributed by atoms with E-state index >= 15 is 0 Å². The molecule has 0 spiro atoms. The molecule has 5 nitrogen and oxygen atoms in total. The fourth-order valence-corrected chi connectivity index (χ4v) is 1.59. The van der Waals surface area contributed by atoms with Crippen LogP contribution in [0.3, 0.4) is 0 Å². The van der Waals surface area contributed by atoms with Gasteiger partial charge in [-0.15, -0.1) is 0 Å². The summed E-state index contributed by atoms with van der Waals surface area (Å²) in [6.07, 6.45) is 4.94. The standard InChI is InChI=1S/C10H16N4.C5H13N/c1-10(2,14(12)13-8-11)9-6-4-3-5-7-9;1-2-3-4-5-6/h3-8H,12H2,1-2H3,(H2,11,13);2-6H2,1H3. The van der Waals surface area contributed by atoms with Gasteiger partial charge in [0, 0.05) is 0 Å². The van der Waals surface area contributed by atoms with Crippen LogP contribution in [-0.2, 0) is 5.54 Å². The van der Waals surface area contributed by atoms with Gasteiger partial charge in [-0.25, -0.2) is 11.0 Å². The summed E-state index contributed by atoms with van der Waals surface area (Å²) in [5.41, 5.74) is 11.1. The number of rotatable bonds is 6. The number of hydrazone groups is 1. The number of unbranched alkanes of at least 4 members (excludes halogenated alkanes) is 2. The van der Waals surface area contributed by atoms with E-state index in [4.69, 9.17) is 17.3 Å². The maximum Gasteiger partial charge on any atom is 0.107 e. The lowest BCUT2D eigenvalue weighted by molar-refractivity contribution is 0.127. The second-order valence-corrected chi connectivity index (χ2v) is 5.03. The van der Waals surface area contributed by atoms with Crippen LogP contribution in [0.5, 0.6) is 0 Å². The lowest BCUT2D eigenvalue weighted by atomic mass is 9.95. The van der Waals surface area contributed by atoms with Crippen molar-refractivity contribution in [2.45, 2.75) is 45.6 Å². The van der Waals surface area contributed by atoms with E-state index in [-0.39, 0.29) is 5.54 Å². The van der Waals surface area contributed by atoms with Crippen molar-refractivity contribution in [2.75, 3.05) is 6.54 Å². The molecule has 0 aliphatic heterocycles. The highest BCUT2D eigenvalue weighted by atomic mass is 15.7. The molecule has 1 aromatic carbocycles. The Morgan fingerprint density at radius 2 is 1.80 bits per heavy atom. The summed E-state index contributed by atoms with van der Waals surface area (Å²) in [7, 11) is 0. The first-order chi connectivity index (χ1) is 9.50. The molecule has 0 saturated carbocycles. The zero-order chi connectivity index (χ0) is 15.4. The SMILES string of the molecule is CC(C)(c1ccccc1)N(N)/N=C\N.CCCCCN. The van der Waals surface area contributed by atoms with Crippen LogP contribution < -0.4 is 17.3 Å². The van der Waals surface area contributed by atoms with E-state index in [0.717, 1.165) is 12.1 Å². The van der Waals surface area contributed by atoms with Gasteiger partial charge in [0.25, 0.3) is 0 Å². The molecular formula is C15H29N5. The van der Waals surface area contributed by atoms with Crippen molar-refractivity contribution < 1.29 is 0 Å². The van der Waals surface area contributed by atoms with Gasteiger partial charge in [-0.2, -0.15) is 5.10 Å². The molecule has 0 amide bonds. The minimum Gasteiger partial charge on any atom is -0.388 e. The smallest absolute Gasteiger partial charge is 0.107 e. The van der Waals surface area contributed by atoms with Gasteiger partial charge in [0.05, 0.1) is 5.54 Å². The number of hydrazine groups is 1. The maximum atomic E-state index is 5.75. The first kappa shape index (κ1) is 18.4. The van der Waals surface area contributed by atoms with E-state index < -0.39 is 0 Å². The third-order valence-electron chi connectivity index (χ3n) is 3.05. The van der Waals surface area contributed by atoms with Crippen molar-refractivity contribution in [1.29, 1.82) is 0 Å². The Bertz CT molecular complexity index is 358. The average molecular weight is 279 g/mol. The minimum atomic E-state index is -0.364. The van der Waals surface area contributed by atoms with E-state index in [2.05, 4.69) is 12.0 Å². The second kappa shape index (κ2) is 10.2. The van der Waals surface area contributed by atoms with Gasteiger partial charge in [0.2, 0.25) is 0 Å². The lowest BCUT2D eigenvalue weighted by Gasteiger charge is -2.32. The van der Waals surface area contributed by atoms with Gasteiger partial charge in [0.1, 0.15) is 6.34 Å². The highest BCUT2D eigenvalue weighted by molar-refractivity contribution is 5.50. The van der Waals surface area contributed by atoms with Gasteiger partial charge < -0.3 is 11.5 Å². The summed E-state index contributed by atoms with van der Waals surface area (Å²) in [5, 5.41) is 5.19. The molecular weight excluding hydrogens is 250 g/mol. The van der Waals surface area contributed by atoms with E-state index in [9.17, 15) is 0 Å². The fraction of sp³-hybridized carbons (Fsp3) is 0.533. The molecule has 0 fully saturated rings. The number of benzene rings is 1. The van der Waals surface area contributed by atoms with Gasteiger partial charge >= 0.3 is 0 Å². The third kappa shape index (κ3) is 6.54. The summed E-state index contributed by atoms with van der Waals surface area (Å²) in [5.74, 6) is 5.75. The van der Waals surface area contributed by atoms with Crippen molar-refractivity contribution in [3.05, 3.63) is 35.9 Å². The van der Waals surface area contributed by atoms with Gasteiger partial charge in [0.15, 0.2) is 0 Å². The number of nitrogens with zero attached hydrogens (tertiary/aromatic N) is 2. The monoisotopic (exact) mass is 279 g/mol. The molecule has 1 aromatic rings. The molecule has 0 unspecified atom stereocenters. The van der Waals surface area contributed by atoms with Crippen LogP contribution in [0.15, 0.2) is 35.4 Å². The molecule has 0 atom stereocenters. The summed E-state index contributed by atoms with van der Waals surface area (Å²) in [4.78, 5) is 0. The molecule has 0 bridgehead atoms. The van der Waals surface area contributed by atoms with Crippen LogP contribution in [0.4, 0.5) is 0 Å². The normalized spacial score (nSPS) is 11.1. The van der Waals surface area contributed by atoms with Crippen LogP contribution in [0.1, 0.15) is 45.6 Å². The van der Waals surface area contributed by atoms with Crippen molar-refractivity contribution >= 4 is 6.34 Å². The van der Waals surface area contributed by atoms with Crippen LogP contribution in [0.2, 0.25) is 0 Å². The van der Waals surface area contributed by atoms with Crippen LogP contribution in [0.25, 0.3) is 0 Å². The predicted molar refractivity (Wildman–Crippen MR) is 86.8 cm³/mol. The Morgan fingerprint density at radius 3 is 2.20 bits per heavy atom. The number of nitrogens with two attached hydrogens (primary N) is 3. The highest BCUT2D eigenvalue weighted by Crippen LogP contribution is 2.24. The Labute approximate surface area is 122 Å². The quantitative estimate of drug-likeness (QED) is 0.244. The van der Waals surface area contributed by atoms with Gasteiger partial charge in [-0.05, 0) is 32.4 Å². The molecule has 114 valence electrons. The van der Waals surface area contributed by atoms with Crippen molar-refractivity contribution in [3.8, 4) is 0 Å². The number of hydrogen-bond donors (Lipinski definition) is 3. The summed E-state index contributed by atoms with van der Waals surface area (Å²) < 4.78 is 0. The Kier molecular flexibility index (Phi) is 9.41. The summed E-state index contributed by atoms with van der Waals surface area (Å²) in [6, 6.07) is 9.92. The van der Waals surface area contributed by atoms with Crippen LogP contribution in [-0.4, -0.2) is 18.0 Å². The van der Waals surface area contributed by atoms with Crippen molar-refractivity contribution in [2.24, 2.45) is 22.4 Å². The van der Waals surface area contributed by atoms with Crippen LogP contribution >= 0.6 is 0 Å².